The second-order valence-corrected chi connectivity index (χ2v) is 5.27. The topological polar surface area (TPSA) is 76.4 Å². The molecule has 6 heteroatoms. The molecule has 2 N–H and O–H groups in total. The zero-order chi connectivity index (χ0) is 16.7. The van der Waals surface area contributed by atoms with Gasteiger partial charge in [-0.15, -0.1) is 0 Å². The van der Waals surface area contributed by atoms with Crippen LogP contribution in [0.5, 0.6) is 0 Å². The van der Waals surface area contributed by atoms with Gasteiger partial charge in [-0.1, -0.05) is 29.8 Å². The SMILES string of the molecule is N#Cc1ccc(Cl)cc1NC(=O)CN(CCO)c1ccccc1. The van der Waals surface area contributed by atoms with Gasteiger partial charge in [0.05, 0.1) is 24.4 Å². The van der Waals surface area contributed by atoms with Gasteiger partial charge in [0.15, 0.2) is 0 Å². The number of aliphatic hydroxyl groups is 1. The molecule has 0 saturated carbocycles. The van der Waals surface area contributed by atoms with E-state index in [4.69, 9.17) is 16.9 Å². The van der Waals surface area contributed by atoms with Crippen molar-refractivity contribution in [1.82, 2.24) is 0 Å². The zero-order valence-electron chi connectivity index (χ0n) is 12.4. The van der Waals surface area contributed by atoms with E-state index < -0.39 is 0 Å². The van der Waals surface area contributed by atoms with Gasteiger partial charge in [0.2, 0.25) is 5.91 Å². The van der Waals surface area contributed by atoms with Gasteiger partial charge in [-0.05, 0) is 30.3 Å². The summed E-state index contributed by atoms with van der Waals surface area (Å²) in [4.78, 5) is 14.0. The Hall–Kier alpha value is -2.55. The molecular weight excluding hydrogens is 314 g/mol. The van der Waals surface area contributed by atoms with E-state index in [-0.39, 0.29) is 19.1 Å². The summed E-state index contributed by atoms with van der Waals surface area (Å²) in [7, 11) is 0. The third-order valence-electron chi connectivity index (χ3n) is 3.20. The van der Waals surface area contributed by atoms with Gasteiger partial charge in [-0.2, -0.15) is 5.26 Å². The number of amides is 1. The Balaban J connectivity index is 2.11. The van der Waals surface area contributed by atoms with Crippen LogP contribution in [0.2, 0.25) is 5.02 Å². The Bertz CT molecular complexity index is 714. The third kappa shape index (κ3) is 4.71. The van der Waals surface area contributed by atoms with Gasteiger partial charge in [0.25, 0.3) is 0 Å². The van der Waals surface area contributed by atoms with E-state index in [9.17, 15) is 9.90 Å². The minimum atomic E-state index is -0.291. The van der Waals surface area contributed by atoms with Crippen LogP contribution in [-0.4, -0.2) is 30.7 Å². The molecule has 1 amide bonds. The van der Waals surface area contributed by atoms with E-state index in [1.807, 2.05) is 36.4 Å². The number of hydrogen-bond donors (Lipinski definition) is 2. The van der Waals surface area contributed by atoms with Crippen LogP contribution in [0.25, 0.3) is 0 Å². The smallest absolute Gasteiger partial charge is 0.243 e. The van der Waals surface area contributed by atoms with Crippen LogP contribution in [0.3, 0.4) is 0 Å². The lowest BCUT2D eigenvalue weighted by atomic mass is 10.2. The lowest BCUT2D eigenvalue weighted by Crippen LogP contribution is -2.35. The highest BCUT2D eigenvalue weighted by atomic mass is 35.5. The molecule has 0 aromatic heterocycles. The molecule has 0 aliphatic carbocycles. The lowest BCUT2D eigenvalue weighted by molar-refractivity contribution is -0.115. The number of anilines is 2. The van der Waals surface area contributed by atoms with Crippen LogP contribution < -0.4 is 10.2 Å². The molecule has 2 aromatic rings. The quantitative estimate of drug-likeness (QED) is 0.854. The molecule has 0 aliphatic rings. The normalized spacial score (nSPS) is 9.96. The minimum Gasteiger partial charge on any atom is -0.395 e. The molecule has 0 atom stereocenters. The van der Waals surface area contributed by atoms with Crippen LogP contribution in [0.15, 0.2) is 48.5 Å². The maximum absolute atomic E-state index is 12.3. The Morgan fingerprint density at radius 3 is 2.65 bits per heavy atom. The lowest BCUT2D eigenvalue weighted by Gasteiger charge is -2.23. The summed E-state index contributed by atoms with van der Waals surface area (Å²) in [6, 6.07) is 16.0. The molecule has 0 saturated heterocycles. The maximum Gasteiger partial charge on any atom is 0.243 e. The maximum atomic E-state index is 12.3. The number of hydrogen-bond acceptors (Lipinski definition) is 4. The number of halogens is 1. The monoisotopic (exact) mass is 329 g/mol. The van der Waals surface area contributed by atoms with E-state index in [1.54, 1.807) is 17.0 Å². The van der Waals surface area contributed by atoms with E-state index in [0.717, 1.165) is 5.69 Å². The molecule has 0 heterocycles. The molecule has 0 unspecified atom stereocenters. The molecule has 0 fully saturated rings. The molecule has 5 nitrogen and oxygen atoms in total. The van der Waals surface area contributed by atoms with E-state index in [2.05, 4.69) is 5.32 Å². The summed E-state index contributed by atoms with van der Waals surface area (Å²) in [5.41, 5.74) is 1.56. The Morgan fingerprint density at radius 2 is 2.00 bits per heavy atom. The summed E-state index contributed by atoms with van der Waals surface area (Å²) in [6.07, 6.45) is 0. The first-order chi connectivity index (χ1) is 11.1. The van der Waals surface area contributed by atoms with Crippen molar-refractivity contribution in [2.75, 3.05) is 29.9 Å². The first-order valence-electron chi connectivity index (χ1n) is 7.04. The fourth-order valence-corrected chi connectivity index (χ4v) is 2.31. The van der Waals surface area contributed by atoms with Crippen molar-refractivity contribution in [3.63, 3.8) is 0 Å². The molecule has 0 spiro atoms. The fourth-order valence-electron chi connectivity index (χ4n) is 2.14. The van der Waals surface area contributed by atoms with Gasteiger partial charge in [0, 0.05) is 17.3 Å². The first kappa shape index (κ1) is 16.8. The highest BCUT2D eigenvalue weighted by Crippen LogP contribution is 2.20. The molecule has 0 radical (unpaired) electrons. The summed E-state index contributed by atoms with van der Waals surface area (Å²) in [6.45, 7) is 0.322. The predicted octanol–water partition coefficient (Wildman–Crippen LogP) is 2.65. The van der Waals surface area contributed by atoms with Gasteiger partial charge in [-0.3, -0.25) is 4.79 Å². The number of aliphatic hydroxyl groups excluding tert-OH is 1. The van der Waals surface area contributed by atoms with Crippen molar-refractivity contribution < 1.29 is 9.90 Å². The second-order valence-electron chi connectivity index (χ2n) is 4.83. The Kier molecular flexibility index (Phi) is 5.98. The number of nitriles is 1. The summed E-state index contributed by atoms with van der Waals surface area (Å²) in [5.74, 6) is -0.291. The molecule has 118 valence electrons. The first-order valence-corrected chi connectivity index (χ1v) is 7.42. The summed E-state index contributed by atoms with van der Waals surface area (Å²) < 4.78 is 0. The van der Waals surface area contributed by atoms with Crippen LogP contribution in [0, 0.1) is 11.3 Å². The summed E-state index contributed by atoms with van der Waals surface area (Å²) >= 11 is 5.90. The Morgan fingerprint density at radius 1 is 1.26 bits per heavy atom. The third-order valence-corrected chi connectivity index (χ3v) is 3.44. The number of rotatable bonds is 6. The highest BCUT2D eigenvalue weighted by molar-refractivity contribution is 6.31. The van der Waals surface area contributed by atoms with Crippen molar-refractivity contribution in [2.45, 2.75) is 0 Å². The van der Waals surface area contributed by atoms with Crippen molar-refractivity contribution >= 4 is 28.9 Å². The fraction of sp³-hybridized carbons (Fsp3) is 0.176. The van der Waals surface area contributed by atoms with Crippen molar-refractivity contribution in [3.05, 3.63) is 59.1 Å². The van der Waals surface area contributed by atoms with E-state index in [1.165, 1.54) is 6.07 Å². The van der Waals surface area contributed by atoms with E-state index in [0.29, 0.717) is 22.8 Å². The number of nitrogens with one attached hydrogen (secondary N) is 1. The van der Waals surface area contributed by atoms with Crippen LogP contribution in [0.4, 0.5) is 11.4 Å². The number of para-hydroxylation sites is 1. The predicted molar refractivity (Wildman–Crippen MR) is 90.5 cm³/mol. The zero-order valence-corrected chi connectivity index (χ0v) is 13.1. The van der Waals surface area contributed by atoms with Crippen LogP contribution >= 0.6 is 11.6 Å². The largest absolute Gasteiger partial charge is 0.395 e. The number of carbonyl (C=O) groups excluding carboxylic acids is 1. The molecule has 2 rings (SSSR count). The Labute approximate surface area is 139 Å². The highest BCUT2D eigenvalue weighted by Gasteiger charge is 2.13. The average molecular weight is 330 g/mol. The van der Waals surface area contributed by atoms with Crippen molar-refractivity contribution in [3.8, 4) is 6.07 Å². The van der Waals surface area contributed by atoms with Crippen molar-refractivity contribution in [2.24, 2.45) is 0 Å². The molecular formula is C17H16ClN3O2. The number of carbonyl (C=O) groups is 1. The van der Waals surface area contributed by atoms with Gasteiger partial charge < -0.3 is 15.3 Å². The van der Waals surface area contributed by atoms with E-state index >= 15 is 0 Å². The number of benzene rings is 2. The van der Waals surface area contributed by atoms with Crippen LogP contribution in [0.1, 0.15) is 5.56 Å². The standard InChI is InChI=1S/C17H16ClN3O2/c18-14-7-6-13(11-19)16(10-14)20-17(23)12-21(8-9-22)15-4-2-1-3-5-15/h1-7,10,22H,8-9,12H2,(H,20,23). The van der Waals surface area contributed by atoms with Gasteiger partial charge >= 0.3 is 0 Å². The molecule has 2 aromatic carbocycles. The number of nitrogens with zero attached hydrogens (tertiary/aromatic N) is 2. The average Bonchev–Trinajstić information content (AvgIpc) is 2.55. The van der Waals surface area contributed by atoms with Crippen molar-refractivity contribution in [1.29, 1.82) is 5.26 Å². The second kappa shape index (κ2) is 8.18. The van der Waals surface area contributed by atoms with Gasteiger partial charge in [-0.25, -0.2) is 0 Å². The summed E-state index contributed by atoms with van der Waals surface area (Å²) in [5, 5.41) is 21.4. The minimum absolute atomic E-state index is 0.0575. The van der Waals surface area contributed by atoms with Gasteiger partial charge in [0.1, 0.15) is 6.07 Å². The molecule has 23 heavy (non-hydrogen) atoms. The van der Waals surface area contributed by atoms with Crippen LogP contribution in [-0.2, 0) is 4.79 Å². The molecule has 0 aliphatic heterocycles. The molecule has 0 bridgehead atoms.